The highest BCUT2D eigenvalue weighted by molar-refractivity contribution is 7.99. The second-order valence-corrected chi connectivity index (χ2v) is 8.91. The predicted octanol–water partition coefficient (Wildman–Crippen LogP) is 6.75. The maximum Gasteiger partial charge on any atom is 0.231 e. The third-order valence-electron chi connectivity index (χ3n) is 4.50. The molecule has 0 saturated heterocycles. The van der Waals surface area contributed by atoms with Crippen LogP contribution in [-0.2, 0) is 6.54 Å². The predicted molar refractivity (Wildman–Crippen MR) is 121 cm³/mol. The van der Waals surface area contributed by atoms with Gasteiger partial charge in [0.05, 0.1) is 17.9 Å². The zero-order valence-electron chi connectivity index (χ0n) is 15.2. The van der Waals surface area contributed by atoms with Gasteiger partial charge in [0.2, 0.25) is 5.13 Å². The average Bonchev–Trinajstić information content (AvgIpc) is 3.20. The Morgan fingerprint density at radius 2 is 1.52 bits per heavy atom. The van der Waals surface area contributed by atoms with Crippen LogP contribution >= 0.6 is 34.7 Å². The number of para-hydroxylation sites is 2. The zero-order valence-corrected chi connectivity index (χ0v) is 17.6. The summed E-state index contributed by atoms with van der Waals surface area (Å²) in [5, 5.41) is 10.8. The van der Waals surface area contributed by atoms with Crippen molar-refractivity contribution in [3.8, 4) is 0 Å². The monoisotopic (exact) mass is 434 g/mol. The molecule has 3 aromatic carbocycles. The lowest BCUT2D eigenvalue weighted by molar-refractivity contribution is 0.893. The van der Waals surface area contributed by atoms with Crippen molar-refractivity contribution in [2.75, 3.05) is 4.90 Å². The molecule has 0 N–H and O–H groups in total. The molecule has 29 heavy (non-hydrogen) atoms. The number of halogens is 1. The van der Waals surface area contributed by atoms with E-state index in [1.807, 2.05) is 24.3 Å². The standard InChI is InChI=1S/C22H15ClN4S2/c23-16-8-2-1-7-15(16)13-24-22-26-25-21(29-22)14-27-17-9-3-5-11-19(17)28-20-12-6-4-10-18(20)27/h1-13H,14H2/b24-13+. The van der Waals surface area contributed by atoms with Gasteiger partial charge in [0, 0.05) is 26.6 Å². The minimum atomic E-state index is 0.618. The van der Waals surface area contributed by atoms with Gasteiger partial charge in [-0.1, -0.05) is 77.2 Å². The summed E-state index contributed by atoms with van der Waals surface area (Å²) in [6.45, 7) is 0.647. The number of hydrogen-bond acceptors (Lipinski definition) is 6. The second kappa shape index (κ2) is 7.99. The van der Waals surface area contributed by atoms with Crippen molar-refractivity contribution in [1.29, 1.82) is 0 Å². The van der Waals surface area contributed by atoms with Gasteiger partial charge in [0.15, 0.2) is 0 Å². The summed E-state index contributed by atoms with van der Waals surface area (Å²) in [6.07, 6.45) is 1.73. The van der Waals surface area contributed by atoms with E-state index >= 15 is 0 Å². The van der Waals surface area contributed by atoms with Crippen LogP contribution in [0.1, 0.15) is 10.6 Å². The largest absolute Gasteiger partial charge is 0.333 e. The Morgan fingerprint density at radius 3 is 2.24 bits per heavy atom. The van der Waals surface area contributed by atoms with Crippen LogP contribution in [0.5, 0.6) is 0 Å². The lowest BCUT2D eigenvalue weighted by Crippen LogP contribution is -2.20. The molecular formula is C22H15ClN4S2. The molecule has 0 radical (unpaired) electrons. The van der Waals surface area contributed by atoms with E-state index < -0.39 is 0 Å². The maximum atomic E-state index is 6.19. The summed E-state index contributed by atoms with van der Waals surface area (Å²) in [6, 6.07) is 24.5. The van der Waals surface area contributed by atoms with Crippen LogP contribution in [0, 0.1) is 0 Å². The van der Waals surface area contributed by atoms with Crippen LogP contribution in [0.15, 0.2) is 87.6 Å². The van der Waals surface area contributed by atoms with E-state index in [4.69, 9.17) is 11.6 Å². The van der Waals surface area contributed by atoms with Crippen molar-refractivity contribution < 1.29 is 0 Å². The number of hydrogen-bond donors (Lipinski definition) is 0. The third kappa shape index (κ3) is 3.79. The molecule has 5 rings (SSSR count). The van der Waals surface area contributed by atoms with E-state index in [1.165, 1.54) is 32.5 Å². The van der Waals surface area contributed by atoms with Crippen molar-refractivity contribution in [2.45, 2.75) is 16.3 Å². The molecule has 0 atom stereocenters. The normalized spacial score (nSPS) is 12.8. The fourth-order valence-electron chi connectivity index (χ4n) is 3.15. The van der Waals surface area contributed by atoms with E-state index in [9.17, 15) is 0 Å². The first-order valence-corrected chi connectivity index (χ1v) is 11.0. The van der Waals surface area contributed by atoms with Crippen LogP contribution in [0.3, 0.4) is 0 Å². The summed E-state index contributed by atoms with van der Waals surface area (Å²) in [4.78, 5) is 9.23. The maximum absolute atomic E-state index is 6.19. The molecule has 0 spiro atoms. The Bertz CT molecular complexity index is 1160. The summed E-state index contributed by atoms with van der Waals surface area (Å²) < 4.78 is 0. The van der Waals surface area contributed by atoms with Gasteiger partial charge < -0.3 is 4.90 Å². The zero-order chi connectivity index (χ0) is 19.6. The molecule has 0 bridgehead atoms. The Kier molecular flexibility index (Phi) is 5.06. The number of nitrogens with zero attached hydrogens (tertiary/aromatic N) is 4. The highest BCUT2D eigenvalue weighted by Crippen LogP contribution is 2.48. The molecule has 142 valence electrons. The number of anilines is 2. The molecule has 7 heteroatoms. The highest BCUT2D eigenvalue weighted by atomic mass is 35.5. The van der Waals surface area contributed by atoms with E-state index in [1.54, 1.807) is 18.0 Å². The van der Waals surface area contributed by atoms with Gasteiger partial charge in [-0.2, -0.15) is 0 Å². The van der Waals surface area contributed by atoms with E-state index in [2.05, 4.69) is 68.6 Å². The molecule has 0 unspecified atom stereocenters. The van der Waals surface area contributed by atoms with Crippen LogP contribution in [-0.4, -0.2) is 16.4 Å². The Labute approximate surface area is 181 Å². The molecule has 0 saturated carbocycles. The highest BCUT2D eigenvalue weighted by Gasteiger charge is 2.23. The van der Waals surface area contributed by atoms with Gasteiger partial charge in [-0.25, -0.2) is 4.99 Å². The van der Waals surface area contributed by atoms with Crippen molar-refractivity contribution in [3.63, 3.8) is 0 Å². The summed E-state index contributed by atoms with van der Waals surface area (Å²) in [5.41, 5.74) is 3.24. The van der Waals surface area contributed by atoms with Crippen molar-refractivity contribution in [1.82, 2.24) is 10.2 Å². The molecule has 4 nitrogen and oxygen atoms in total. The summed E-state index contributed by atoms with van der Waals surface area (Å²) >= 11 is 9.48. The third-order valence-corrected chi connectivity index (χ3v) is 6.79. The molecule has 0 amide bonds. The number of benzene rings is 3. The van der Waals surface area contributed by atoms with Crippen molar-refractivity contribution in [2.24, 2.45) is 4.99 Å². The minimum Gasteiger partial charge on any atom is -0.333 e. The smallest absolute Gasteiger partial charge is 0.231 e. The summed E-state index contributed by atoms with van der Waals surface area (Å²) in [7, 11) is 0. The van der Waals surface area contributed by atoms with Crippen LogP contribution < -0.4 is 4.90 Å². The number of rotatable bonds is 4. The SMILES string of the molecule is Clc1ccccc1/C=N/c1nnc(CN2c3ccccc3Sc3ccccc32)s1. The van der Waals surface area contributed by atoms with E-state index in [0.717, 1.165) is 10.6 Å². The number of aliphatic imine (C=N–C) groups is 1. The minimum absolute atomic E-state index is 0.618. The molecule has 1 aromatic heterocycles. The lowest BCUT2D eigenvalue weighted by Gasteiger charge is -2.31. The first-order valence-electron chi connectivity index (χ1n) is 9.02. The average molecular weight is 435 g/mol. The fraction of sp³-hybridized carbons (Fsp3) is 0.0455. The van der Waals surface area contributed by atoms with Gasteiger partial charge in [-0.15, -0.1) is 10.2 Å². The molecule has 0 fully saturated rings. The summed E-state index contributed by atoms with van der Waals surface area (Å²) in [5.74, 6) is 0. The number of fused-ring (bicyclic) bond motifs is 2. The lowest BCUT2D eigenvalue weighted by atomic mass is 10.2. The topological polar surface area (TPSA) is 41.4 Å². The van der Waals surface area contributed by atoms with Crippen molar-refractivity contribution >= 4 is 57.4 Å². The van der Waals surface area contributed by atoms with Gasteiger partial charge in [0.25, 0.3) is 0 Å². The van der Waals surface area contributed by atoms with E-state index in [0.29, 0.717) is 16.7 Å². The van der Waals surface area contributed by atoms with Crippen molar-refractivity contribution in [3.05, 3.63) is 88.4 Å². The second-order valence-electron chi connectivity index (χ2n) is 6.38. The first-order chi connectivity index (χ1) is 14.3. The Hall–Kier alpha value is -2.67. The molecule has 4 aromatic rings. The quantitative estimate of drug-likeness (QED) is 0.333. The molecule has 2 heterocycles. The molecule has 1 aliphatic rings. The van der Waals surface area contributed by atoms with Gasteiger partial charge in [0.1, 0.15) is 5.01 Å². The van der Waals surface area contributed by atoms with E-state index in [-0.39, 0.29) is 0 Å². The fourth-order valence-corrected chi connectivity index (χ4v) is 5.11. The van der Waals surface area contributed by atoms with Gasteiger partial charge in [-0.05, 0) is 30.3 Å². The van der Waals surface area contributed by atoms with Crippen LogP contribution in [0.25, 0.3) is 0 Å². The molecular weight excluding hydrogens is 420 g/mol. The van der Waals surface area contributed by atoms with Gasteiger partial charge in [-0.3, -0.25) is 0 Å². The molecule has 0 aliphatic carbocycles. The Balaban J connectivity index is 1.42. The number of aromatic nitrogens is 2. The Morgan fingerprint density at radius 1 is 0.862 bits per heavy atom. The van der Waals surface area contributed by atoms with Crippen LogP contribution in [0.2, 0.25) is 5.02 Å². The van der Waals surface area contributed by atoms with Gasteiger partial charge >= 0.3 is 0 Å². The first kappa shape index (κ1) is 18.4. The molecule has 1 aliphatic heterocycles. The van der Waals surface area contributed by atoms with Crippen LogP contribution in [0.4, 0.5) is 16.5 Å².